The summed E-state index contributed by atoms with van der Waals surface area (Å²) in [4.78, 5) is 4.72. The van der Waals surface area contributed by atoms with Crippen LogP contribution in [0.3, 0.4) is 0 Å². The summed E-state index contributed by atoms with van der Waals surface area (Å²) in [6.45, 7) is 6.44. The molecule has 0 spiro atoms. The third kappa shape index (κ3) is 3.61. The molecule has 0 fully saturated rings. The zero-order valence-electron chi connectivity index (χ0n) is 11.9. The van der Waals surface area contributed by atoms with E-state index in [1.165, 1.54) is 11.4 Å². The first kappa shape index (κ1) is 14.2. The first-order chi connectivity index (χ1) is 9.22. The monoisotopic (exact) mass is 264 g/mol. The van der Waals surface area contributed by atoms with Crippen LogP contribution in [0.2, 0.25) is 0 Å². The molecule has 1 unspecified atom stereocenters. The molecule has 0 bridgehead atoms. The minimum Gasteiger partial charge on any atom is -0.394 e. The lowest BCUT2D eigenvalue weighted by molar-refractivity contribution is 0.0965. The second-order valence-electron chi connectivity index (χ2n) is 5.26. The molecule has 1 heterocycles. The minimum atomic E-state index is 0.0930. The molecule has 2 rings (SSSR count). The highest BCUT2D eigenvalue weighted by Crippen LogP contribution is 2.32. The van der Waals surface area contributed by atoms with Crippen LogP contribution in [0.5, 0.6) is 0 Å². The fourth-order valence-electron chi connectivity index (χ4n) is 2.71. The average molecular weight is 264 g/mol. The third-order valence-corrected chi connectivity index (χ3v) is 3.49. The summed E-state index contributed by atoms with van der Waals surface area (Å²) in [5.74, 6) is 0.621. The number of para-hydroxylation sites is 2. The minimum absolute atomic E-state index is 0.0930. The van der Waals surface area contributed by atoms with E-state index in [0.717, 1.165) is 19.6 Å². The SMILES string of the molecule is CC1CN(C)c2ccccc2N(CCOCCO)C1. The number of hydrogen-bond acceptors (Lipinski definition) is 4. The molecule has 1 N–H and O–H groups in total. The largest absolute Gasteiger partial charge is 0.394 e. The Morgan fingerprint density at radius 3 is 2.68 bits per heavy atom. The average Bonchev–Trinajstić information content (AvgIpc) is 2.53. The smallest absolute Gasteiger partial charge is 0.0698 e. The first-order valence-electron chi connectivity index (χ1n) is 6.96. The lowest BCUT2D eigenvalue weighted by Gasteiger charge is -2.26. The van der Waals surface area contributed by atoms with Crippen LogP contribution < -0.4 is 9.80 Å². The summed E-state index contributed by atoms with van der Waals surface area (Å²) in [6, 6.07) is 8.53. The van der Waals surface area contributed by atoms with Gasteiger partial charge in [-0.3, -0.25) is 0 Å². The normalized spacial score (nSPS) is 19.2. The molecule has 0 aromatic heterocycles. The molecule has 106 valence electrons. The Morgan fingerprint density at radius 1 is 1.21 bits per heavy atom. The van der Waals surface area contributed by atoms with E-state index in [2.05, 4.69) is 48.0 Å². The molecule has 1 atom stereocenters. The lowest BCUT2D eigenvalue weighted by Crippen LogP contribution is -2.32. The van der Waals surface area contributed by atoms with E-state index in [1.54, 1.807) is 0 Å². The lowest BCUT2D eigenvalue weighted by atomic mass is 10.1. The van der Waals surface area contributed by atoms with Crippen molar-refractivity contribution in [1.82, 2.24) is 0 Å². The van der Waals surface area contributed by atoms with Crippen molar-refractivity contribution in [1.29, 1.82) is 0 Å². The Kier molecular flexibility index (Phi) is 5.05. The van der Waals surface area contributed by atoms with Gasteiger partial charge in [-0.2, -0.15) is 0 Å². The number of benzene rings is 1. The van der Waals surface area contributed by atoms with Crippen molar-refractivity contribution in [3.63, 3.8) is 0 Å². The second-order valence-corrected chi connectivity index (χ2v) is 5.26. The standard InChI is InChI=1S/C15H24N2O2/c1-13-11-16(2)14-5-3-4-6-15(14)17(12-13)7-9-19-10-8-18/h3-6,13,18H,7-12H2,1-2H3. The predicted molar refractivity (Wildman–Crippen MR) is 79.0 cm³/mol. The van der Waals surface area contributed by atoms with E-state index in [4.69, 9.17) is 9.84 Å². The third-order valence-electron chi connectivity index (χ3n) is 3.49. The highest BCUT2D eigenvalue weighted by atomic mass is 16.5. The van der Waals surface area contributed by atoms with Gasteiger partial charge in [-0.05, 0) is 18.1 Å². The van der Waals surface area contributed by atoms with Gasteiger partial charge >= 0.3 is 0 Å². The van der Waals surface area contributed by atoms with Gasteiger partial charge in [0, 0.05) is 26.7 Å². The maximum Gasteiger partial charge on any atom is 0.0698 e. The zero-order chi connectivity index (χ0) is 13.7. The fraction of sp³-hybridized carbons (Fsp3) is 0.600. The quantitative estimate of drug-likeness (QED) is 0.819. The van der Waals surface area contributed by atoms with Crippen molar-refractivity contribution < 1.29 is 9.84 Å². The van der Waals surface area contributed by atoms with E-state index in [1.807, 2.05) is 0 Å². The molecule has 0 aliphatic carbocycles. The Labute approximate surface area is 115 Å². The number of fused-ring (bicyclic) bond motifs is 1. The van der Waals surface area contributed by atoms with Gasteiger partial charge in [-0.25, -0.2) is 0 Å². The molecule has 0 radical (unpaired) electrons. The Bertz CT molecular complexity index is 397. The maximum absolute atomic E-state index is 8.74. The molecule has 19 heavy (non-hydrogen) atoms. The topological polar surface area (TPSA) is 35.9 Å². The molecule has 4 nitrogen and oxygen atoms in total. The van der Waals surface area contributed by atoms with Gasteiger partial charge in [-0.1, -0.05) is 19.1 Å². The summed E-state index contributed by atoms with van der Waals surface area (Å²) in [5.41, 5.74) is 2.57. The summed E-state index contributed by atoms with van der Waals surface area (Å²) >= 11 is 0. The van der Waals surface area contributed by atoms with Crippen molar-refractivity contribution in [3.05, 3.63) is 24.3 Å². The van der Waals surface area contributed by atoms with Crippen molar-refractivity contribution in [2.75, 3.05) is 56.3 Å². The van der Waals surface area contributed by atoms with Crippen LogP contribution in [0.4, 0.5) is 11.4 Å². The Balaban J connectivity index is 2.10. The van der Waals surface area contributed by atoms with Gasteiger partial charge in [0.25, 0.3) is 0 Å². The van der Waals surface area contributed by atoms with Gasteiger partial charge in [0.05, 0.1) is 31.2 Å². The van der Waals surface area contributed by atoms with E-state index in [9.17, 15) is 0 Å². The molecule has 1 aliphatic heterocycles. The summed E-state index contributed by atoms with van der Waals surface area (Å²) in [6.07, 6.45) is 0. The van der Waals surface area contributed by atoms with Gasteiger partial charge in [-0.15, -0.1) is 0 Å². The van der Waals surface area contributed by atoms with Crippen molar-refractivity contribution in [2.24, 2.45) is 5.92 Å². The van der Waals surface area contributed by atoms with E-state index < -0.39 is 0 Å². The van der Waals surface area contributed by atoms with E-state index >= 15 is 0 Å². The molecule has 1 aromatic carbocycles. The Morgan fingerprint density at radius 2 is 1.95 bits per heavy atom. The number of aliphatic hydroxyl groups is 1. The summed E-state index contributed by atoms with van der Waals surface area (Å²) in [7, 11) is 2.15. The fourth-order valence-corrected chi connectivity index (χ4v) is 2.71. The number of hydrogen-bond donors (Lipinski definition) is 1. The van der Waals surface area contributed by atoms with Gasteiger partial charge in [0.15, 0.2) is 0 Å². The maximum atomic E-state index is 8.74. The summed E-state index contributed by atoms with van der Waals surface area (Å²) in [5, 5.41) is 8.74. The number of aliphatic hydroxyl groups excluding tert-OH is 1. The Hall–Kier alpha value is -1.26. The van der Waals surface area contributed by atoms with Gasteiger partial charge in [0.2, 0.25) is 0 Å². The summed E-state index contributed by atoms with van der Waals surface area (Å²) < 4.78 is 5.40. The zero-order valence-corrected chi connectivity index (χ0v) is 11.9. The highest BCUT2D eigenvalue weighted by molar-refractivity contribution is 5.71. The first-order valence-corrected chi connectivity index (χ1v) is 6.96. The van der Waals surface area contributed by atoms with Crippen LogP contribution in [-0.2, 0) is 4.74 Å². The van der Waals surface area contributed by atoms with Crippen LogP contribution in [0, 0.1) is 5.92 Å². The van der Waals surface area contributed by atoms with Crippen molar-refractivity contribution in [2.45, 2.75) is 6.92 Å². The highest BCUT2D eigenvalue weighted by Gasteiger charge is 2.21. The van der Waals surface area contributed by atoms with Crippen LogP contribution >= 0.6 is 0 Å². The molecule has 0 amide bonds. The molecule has 1 aromatic rings. The van der Waals surface area contributed by atoms with Gasteiger partial charge < -0.3 is 19.6 Å². The molecule has 0 saturated carbocycles. The number of ether oxygens (including phenoxy) is 1. The molecule has 4 heteroatoms. The molecular formula is C15H24N2O2. The van der Waals surface area contributed by atoms with Crippen LogP contribution in [0.25, 0.3) is 0 Å². The predicted octanol–water partition coefficient (Wildman–Crippen LogP) is 1.59. The van der Waals surface area contributed by atoms with Crippen LogP contribution in [-0.4, -0.2) is 51.6 Å². The molecular weight excluding hydrogens is 240 g/mol. The number of nitrogens with zero attached hydrogens (tertiary/aromatic N) is 2. The number of anilines is 2. The van der Waals surface area contributed by atoms with Crippen molar-refractivity contribution in [3.8, 4) is 0 Å². The van der Waals surface area contributed by atoms with Crippen LogP contribution in [0.15, 0.2) is 24.3 Å². The van der Waals surface area contributed by atoms with Crippen LogP contribution in [0.1, 0.15) is 6.92 Å². The number of rotatable bonds is 5. The van der Waals surface area contributed by atoms with Crippen molar-refractivity contribution >= 4 is 11.4 Å². The molecule has 1 aliphatic rings. The second kappa shape index (κ2) is 6.78. The van der Waals surface area contributed by atoms with E-state index in [0.29, 0.717) is 19.1 Å². The molecule has 0 saturated heterocycles. The van der Waals surface area contributed by atoms with E-state index in [-0.39, 0.29) is 6.61 Å². The van der Waals surface area contributed by atoms with Gasteiger partial charge in [0.1, 0.15) is 0 Å².